The molecule has 0 radical (unpaired) electrons. The molecule has 21 heavy (non-hydrogen) atoms. The standard InChI is InChI=1S/C15H15BrN2O3/c1-9-14(18(19)20)4-3-5-15(9)21-11-6-7-12(10(2)17)13(16)8-11/h3-8,10H,17H2,1-2H3/t10-/m0/s1. The molecule has 0 bridgehead atoms. The van der Waals surface area contributed by atoms with E-state index in [9.17, 15) is 10.1 Å². The van der Waals surface area contributed by atoms with Gasteiger partial charge >= 0.3 is 0 Å². The van der Waals surface area contributed by atoms with E-state index in [0.717, 1.165) is 10.0 Å². The van der Waals surface area contributed by atoms with E-state index in [2.05, 4.69) is 15.9 Å². The summed E-state index contributed by atoms with van der Waals surface area (Å²) < 4.78 is 6.59. The number of nitrogens with zero attached hydrogens (tertiary/aromatic N) is 1. The molecule has 5 nitrogen and oxygen atoms in total. The third-order valence-corrected chi connectivity index (χ3v) is 3.83. The Morgan fingerprint density at radius 3 is 2.62 bits per heavy atom. The summed E-state index contributed by atoms with van der Waals surface area (Å²) in [5.74, 6) is 1.06. The number of rotatable bonds is 4. The molecule has 2 aromatic carbocycles. The Morgan fingerprint density at radius 2 is 2.05 bits per heavy atom. The van der Waals surface area contributed by atoms with Crippen molar-refractivity contribution in [1.82, 2.24) is 0 Å². The first-order valence-corrected chi connectivity index (χ1v) is 7.16. The van der Waals surface area contributed by atoms with E-state index >= 15 is 0 Å². The van der Waals surface area contributed by atoms with Gasteiger partial charge in [0.15, 0.2) is 0 Å². The van der Waals surface area contributed by atoms with Crippen molar-refractivity contribution in [3.8, 4) is 11.5 Å². The van der Waals surface area contributed by atoms with Crippen LogP contribution in [0, 0.1) is 17.0 Å². The topological polar surface area (TPSA) is 78.4 Å². The van der Waals surface area contributed by atoms with Crippen molar-refractivity contribution < 1.29 is 9.66 Å². The number of benzene rings is 2. The van der Waals surface area contributed by atoms with Gasteiger partial charge in [-0.2, -0.15) is 0 Å². The molecule has 110 valence electrons. The normalized spacial score (nSPS) is 12.0. The SMILES string of the molecule is Cc1c(Oc2ccc([C@H](C)N)c(Br)c2)cccc1[N+](=O)[O-]. The lowest BCUT2D eigenvalue weighted by molar-refractivity contribution is -0.385. The number of hydrogen-bond donors (Lipinski definition) is 1. The molecule has 0 aromatic heterocycles. The monoisotopic (exact) mass is 350 g/mol. The van der Waals surface area contributed by atoms with Crippen LogP contribution in [-0.4, -0.2) is 4.92 Å². The number of ether oxygens (including phenoxy) is 1. The molecule has 2 aromatic rings. The summed E-state index contributed by atoms with van der Waals surface area (Å²) in [6, 6.07) is 10.1. The van der Waals surface area contributed by atoms with E-state index in [1.54, 1.807) is 31.2 Å². The molecule has 2 N–H and O–H groups in total. The molecule has 2 rings (SSSR count). The number of nitro benzene ring substituents is 1. The first-order valence-electron chi connectivity index (χ1n) is 6.37. The van der Waals surface area contributed by atoms with Crippen LogP contribution >= 0.6 is 15.9 Å². The molecule has 0 amide bonds. The highest BCUT2D eigenvalue weighted by atomic mass is 79.9. The molecule has 0 fully saturated rings. The average molecular weight is 351 g/mol. The van der Waals surface area contributed by atoms with Crippen LogP contribution in [-0.2, 0) is 0 Å². The van der Waals surface area contributed by atoms with Crippen molar-refractivity contribution >= 4 is 21.6 Å². The van der Waals surface area contributed by atoms with Gasteiger partial charge in [0.25, 0.3) is 5.69 Å². The number of hydrogen-bond acceptors (Lipinski definition) is 4. The fourth-order valence-corrected chi connectivity index (χ4v) is 2.70. The maximum absolute atomic E-state index is 10.9. The fourth-order valence-electron chi connectivity index (χ4n) is 1.98. The first kappa shape index (κ1) is 15.5. The molecule has 0 saturated heterocycles. The second kappa shape index (κ2) is 6.24. The van der Waals surface area contributed by atoms with Gasteiger partial charge in [0, 0.05) is 16.6 Å². The summed E-state index contributed by atoms with van der Waals surface area (Å²) in [5, 5.41) is 10.9. The molecule has 0 aliphatic heterocycles. The Hall–Kier alpha value is -1.92. The lowest BCUT2D eigenvalue weighted by atomic mass is 10.1. The van der Waals surface area contributed by atoms with Gasteiger partial charge < -0.3 is 10.5 Å². The van der Waals surface area contributed by atoms with Crippen LogP contribution in [0.3, 0.4) is 0 Å². The van der Waals surface area contributed by atoms with Gasteiger partial charge in [0.1, 0.15) is 11.5 Å². The molecule has 0 heterocycles. The minimum Gasteiger partial charge on any atom is -0.457 e. The lowest BCUT2D eigenvalue weighted by Crippen LogP contribution is -2.05. The van der Waals surface area contributed by atoms with Gasteiger partial charge in [-0.3, -0.25) is 10.1 Å². The number of halogens is 1. The van der Waals surface area contributed by atoms with E-state index in [4.69, 9.17) is 10.5 Å². The van der Waals surface area contributed by atoms with Crippen LogP contribution in [0.15, 0.2) is 40.9 Å². The van der Waals surface area contributed by atoms with Gasteiger partial charge in [-0.05, 0) is 37.6 Å². The van der Waals surface area contributed by atoms with Gasteiger partial charge in [-0.1, -0.05) is 28.1 Å². The van der Waals surface area contributed by atoms with Gasteiger partial charge in [-0.15, -0.1) is 0 Å². The van der Waals surface area contributed by atoms with Crippen LogP contribution in [0.25, 0.3) is 0 Å². The quantitative estimate of drug-likeness (QED) is 0.651. The summed E-state index contributed by atoms with van der Waals surface area (Å²) in [5.41, 5.74) is 7.35. The van der Waals surface area contributed by atoms with Crippen LogP contribution in [0.4, 0.5) is 5.69 Å². The summed E-state index contributed by atoms with van der Waals surface area (Å²) >= 11 is 3.45. The first-order chi connectivity index (χ1) is 9.90. The zero-order chi connectivity index (χ0) is 15.6. The molecular weight excluding hydrogens is 336 g/mol. The van der Waals surface area contributed by atoms with Crippen molar-refractivity contribution in [2.24, 2.45) is 5.73 Å². The van der Waals surface area contributed by atoms with Crippen molar-refractivity contribution in [2.45, 2.75) is 19.9 Å². The Labute approximate surface area is 131 Å². The zero-order valence-electron chi connectivity index (χ0n) is 11.7. The molecule has 0 aliphatic carbocycles. The molecular formula is C15H15BrN2O3. The van der Waals surface area contributed by atoms with Crippen molar-refractivity contribution in [2.75, 3.05) is 0 Å². The van der Waals surface area contributed by atoms with E-state index in [-0.39, 0.29) is 11.7 Å². The smallest absolute Gasteiger partial charge is 0.276 e. The Bertz CT molecular complexity index is 687. The summed E-state index contributed by atoms with van der Waals surface area (Å²) in [4.78, 5) is 10.5. The highest BCUT2D eigenvalue weighted by Gasteiger charge is 2.15. The molecule has 1 atom stereocenters. The minimum absolute atomic E-state index is 0.0405. The van der Waals surface area contributed by atoms with Crippen LogP contribution < -0.4 is 10.5 Å². The maximum atomic E-state index is 10.9. The summed E-state index contributed by atoms with van der Waals surface area (Å²) in [6.07, 6.45) is 0. The molecule has 0 unspecified atom stereocenters. The van der Waals surface area contributed by atoms with Crippen molar-refractivity contribution in [1.29, 1.82) is 0 Å². The Kier molecular flexibility index (Phi) is 4.59. The highest BCUT2D eigenvalue weighted by molar-refractivity contribution is 9.10. The van der Waals surface area contributed by atoms with Gasteiger partial charge in [0.2, 0.25) is 0 Å². The van der Waals surface area contributed by atoms with Crippen LogP contribution in [0.2, 0.25) is 0 Å². The zero-order valence-corrected chi connectivity index (χ0v) is 13.3. The number of nitrogens with two attached hydrogens (primary N) is 1. The third-order valence-electron chi connectivity index (χ3n) is 3.14. The average Bonchev–Trinajstić information content (AvgIpc) is 2.40. The molecule has 0 spiro atoms. The predicted molar refractivity (Wildman–Crippen MR) is 84.7 cm³/mol. The van der Waals surface area contributed by atoms with E-state index in [0.29, 0.717) is 17.1 Å². The molecule has 0 aliphatic rings. The predicted octanol–water partition coefficient (Wildman–Crippen LogP) is 4.48. The summed E-state index contributed by atoms with van der Waals surface area (Å²) in [6.45, 7) is 3.56. The molecule has 0 saturated carbocycles. The Balaban J connectivity index is 2.33. The van der Waals surface area contributed by atoms with Crippen molar-refractivity contribution in [3.05, 3.63) is 62.1 Å². The van der Waals surface area contributed by atoms with Crippen LogP contribution in [0.1, 0.15) is 24.1 Å². The number of nitro groups is 1. The molecule has 6 heteroatoms. The van der Waals surface area contributed by atoms with Crippen LogP contribution in [0.5, 0.6) is 11.5 Å². The van der Waals surface area contributed by atoms with Gasteiger partial charge in [0.05, 0.1) is 10.5 Å². The summed E-state index contributed by atoms with van der Waals surface area (Å²) in [7, 11) is 0. The lowest BCUT2D eigenvalue weighted by Gasteiger charge is -2.12. The largest absolute Gasteiger partial charge is 0.457 e. The van der Waals surface area contributed by atoms with E-state index in [1.807, 2.05) is 13.0 Å². The van der Waals surface area contributed by atoms with E-state index in [1.165, 1.54) is 6.07 Å². The Morgan fingerprint density at radius 1 is 1.33 bits per heavy atom. The fraction of sp³-hybridized carbons (Fsp3) is 0.200. The van der Waals surface area contributed by atoms with Crippen molar-refractivity contribution in [3.63, 3.8) is 0 Å². The second-order valence-electron chi connectivity index (χ2n) is 4.73. The van der Waals surface area contributed by atoms with E-state index < -0.39 is 4.92 Å². The second-order valence-corrected chi connectivity index (χ2v) is 5.59. The van der Waals surface area contributed by atoms with Gasteiger partial charge in [-0.25, -0.2) is 0 Å². The highest BCUT2D eigenvalue weighted by Crippen LogP contribution is 2.33. The third kappa shape index (κ3) is 3.40. The maximum Gasteiger partial charge on any atom is 0.276 e. The minimum atomic E-state index is -0.419.